The van der Waals surface area contributed by atoms with E-state index in [1.165, 1.54) is 6.42 Å². The molecule has 0 amide bonds. The summed E-state index contributed by atoms with van der Waals surface area (Å²) in [7, 11) is 0. The fourth-order valence-electron chi connectivity index (χ4n) is 2.24. The van der Waals surface area contributed by atoms with E-state index in [0.717, 1.165) is 31.6 Å². The van der Waals surface area contributed by atoms with Gasteiger partial charge in [-0.05, 0) is 36.5 Å². The number of rotatable bonds is 7. The molecule has 0 saturated heterocycles. The van der Waals surface area contributed by atoms with E-state index in [1.54, 1.807) is 0 Å². The summed E-state index contributed by atoms with van der Waals surface area (Å²) in [5.74, 6) is 1.83. The lowest BCUT2D eigenvalue weighted by molar-refractivity contribution is -0.119. The van der Waals surface area contributed by atoms with Gasteiger partial charge in [-0.2, -0.15) is 0 Å². The molecule has 0 radical (unpaired) electrons. The van der Waals surface area contributed by atoms with E-state index < -0.39 is 0 Å². The second kappa shape index (κ2) is 7.09. The summed E-state index contributed by atoms with van der Waals surface area (Å²) >= 11 is 0. The van der Waals surface area contributed by atoms with Gasteiger partial charge >= 0.3 is 0 Å². The Labute approximate surface area is 102 Å². The van der Waals surface area contributed by atoms with Crippen molar-refractivity contribution in [1.29, 1.82) is 0 Å². The maximum Gasteiger partial charge on any atom is 0.132 e. The van der Waals surface area contributed by atoms with Crippen molar-refractivity contribution in [3.8, 4) is 0 Å². The minimum Gasteiger partial charge on any atom is -0.300 e. The number of ketones is 1. The zero-order valence-corrected chi connectivity index (χ0v) is 12.1. The topological polar surface area (TPSA) is 17.1 Å². The van der Waals surface area contributed by atoms with E-state index >= 15 is 0 Å². The normalized spacial score (nSPS) is 15.9. The first kappa shape index (κ1) is 15.7. The average molecular weight is 226 g/mol. The Kier molecular flexibility index (Phi) is 6.94. The van der Waals surface area contributed by atoms with E-state index in [2.05, 4.69) is 41.5 Å². The second-order valence-corrected chi connectivity index (χ2v) is 6.55. The summed E-state index contributed by atoms with van der Waals surface area (Å²) < 4.78 is 0. The molecule has 2 unspecified atom stereocenters. The van der Waals surface area contributed by atoms with Gasteiger partial charge in [0.25, 0.3) is 0 Å². The van der Waals surface area contributed by atoms with Crippen LogP contribution in [0.5, 0.6) is 0 Å². The average Bonchev–Trinajstić information content (AvgIpc) is 2.11. The van der Waals surface area contributed by atoms with Crippen molar-refractivity contribution in [2.45, 2.75) is 73.6 Å². The third-order valence-electron chi connectivity index (χ3n) is 3.31. The molecule has 2 atom stereocenters. The molecule has 0 aliphatic carbocycles. The number of hydrogen-bond donors (Lipinski definition) is 0. The van der Waals surface area contributed by atoms with Gasteiger partial charge in [0.05, 0.1) is 0 Å². The number of Topliss-reactive ketones (excluding diaryl/α,β-unsaturated/α-hetero) is 1. The predicted octanol–water partition coefficient (Wildman–Crippen LogP) is 4.84. The van der Waals surface area contributed by atoms with E-state index in [1.807, 2.05) is 0 Å². The smallest absolute Gasteiger partial charge is 0.132 e. The highest BCUT2D eigenvalue weighted by Crippen LogP contribution is 2.30. The minimum absolute atomic E-state index is 0.404. The Morgan fingerprint density at radius 1 is 1.06 bits per heavy atom. The lowest BCUT2D eigenvalue weighted by Gasteiger charge is -2.27. The van der Waals surface area contributed by atoms with Gasteiger partial charge in [-0.25, -0.2) is 0 Å². The zero-order chi connectivity index (χ0) is 12.8. The Hall–Kier alpha value is -0.330. The lowest BCUT2D eigenvalue weighted by atomic mass is 9.78. The van der Waals surface area contributed by atoms with Crippen molar-refractivity contribution in [1.82, 2.24) is 0 Å². The SMILES string of the molecule is CCCC(=O)CCC(C)C(C)CC(C)(C)C. The van der Waals surface area contributed by atoms with Crippen LogP contribution in [-0.4, -0.2) is 5.78 Å². The molecule has 0 aromatic rings. The molecular weight excluding hydrogens is 196 g/mol. The van der Waals surface area contributed by atoms with Gasteiger partial charge in [-0.3, -0.25) is 4.79 Å². The molecule has 0 aliphatic rings. The monoisotopic (exact) mass is 226 g/mol. The molecule has 0 heterocycles. The van der Waals surface area contributed by atoms with Crippen LogP contribution in [0.15, 0.2) is 0 Å². The highest BCUT2D eigenvalue weighted by molar-refractivity contribution is 5.78. The zero-order valence-electron chi connectivity index (χ0n) is 12.1. The second-order valence-electron chi connectivity index (χ2n) is 6.55. The van der Waals surface area contributed by atoms with Crippen molar-refractivity contribution in [2.24, 2.45) is 17.3 Å². The van der Waals surface area contributed by atoms with E-state index in [4.69, 9.17) is 0 Å². The molecule has 0 saturated carbocycles. The van der Waals surface area contributed by atoms with Crippen LogP contribution in [0.1, 0.15) is 73.6 Å². The molecule has 1 heteroatoms. The van der Waals surface area contributed by atoms with Crippen LogP contribution in [0.25, 0.3) is 0 Å². The summed E-state index contributed by atoms with van der Waals surface area (Å²) in [5.41, 5.74) is 0.404. The van der Waals surface area contributed by atoms with Crippen LogP contribution in [0.2, 0.25) is 0 Å². The Balaban J connectivity index is 3.88. The Bertz CT molecular complexity index is 200. The first-order chi connectivity index (χ1) is 7.26. The maximum atomic E-state index is 11.5. The van der Waals surface area contributed by atoms with Crippen LogP contribution >= 0.6 is 0 Å². The van der Waals surface area contributed by atoms with Gasteiger partial charge < -0.3 is 0 Å². The van der Waals surface area contributed by atoms with Crippen molar-refractivity contribution in [2.75, 3.05) is 0 Å². The largest absolute Gasteiger partial charge is 0.300 e. The summed E-state index contributed by atoms with van der Waals surface area (Å²) in [6.07, 6.45) is 4.85. The standard InChI is InChI=1S/C15H30O/c1-7-8-14(16)10-9-12(2)13(3)11-15(4,5)6/h12-13H,7-11H2,1-6H3. The first-order valence-corrected chi connectivity index (χ1v) is 6.78. The number of carbonyl (C=O) groups is 1. The molecule has 0 N–H and O–H groups in total. The summed E-state index contributed by atoms with van der Waals surface area (Å²) in [4.78, 5) is 11.5. The molecule has 0 spiro atoms. The summed E-state index contributed by atoms with van der Waals surface area (Å²) in [6.45, 7) is 13.6. The summed E-state index contributed by atoms with van der Waals surface area (Å²) in [5, 5.41) is 0. The first-order valence-electron chi connectivity index (χ1n) is 6.78. The highest BCUT2D eigenvalue weighted by atomic mass is 16.1. The fraction of sp³-hybridized carbons (Fsp3) is 0.933. The minimum atomic E-state index is 0.404. The van der Waals surface area contributed by atoms with E-state index in [0.29, 0.717) is 17.1 Å². The van der Waals surface area contributed by atoms with E-state index in [9.17, 15) is 4.79 Å². The van der Waals surface area contributed by atoms with Gasteiger partial charge in [0, 0.05) is 12.8 Å². The molecule has 0 aromatic carbocycles. The van der Waals surface area contributed by atoms with Crippen LogP contribution in [0, 0.1) is 17.3 Å². The molecule has 96 valence electrons. The van der Waals surface area contributed by atoms with Crippen molar-refractivity contribution >= 4 is 5.78 Å². The van der Waals surface area contributed by atoms with Crippen LogP contribution in [0.4, 0.5) is 0 Å². The fourth-order valence-corrected chi connectivity index (χ4v) is 2.24. The Morgan fingerprint density at radius 2 is 1.62 bits per heavy atom. The third kappa shape index (κ3) is 7.90. The van der Waals surface area contributed by atoms with Crippen molar-refractivity contribution < 1.29 is 4.79 Å². The van der Waals surface area contributed by atoms with Gasteiger partial charge in [-0.15, -0.1) is 0 Å². The molecule has 0 bridgehead atoms. The molecule has 0 fully saturated rings. The molecule has 1 nitrogen and oxygen atoms in total. The van der Waals surface area contributed by atoms with Gasteiger partial charge in [0.15, 0.2) is 0 Å². The quantitative estimate of drug-likeness (QED) is 0.607. The molecular formula is C15H30O. The molecule has 0 aromatic heterocycles. The maximum absolute atomic E-state index is 11.5. The van der Waals surface area contributed by atoms with Crippen LogP contribution in [-0.2, 0) is 4.79 Å². The van der Waals surface area contributed by atoms with Gasteiger partial charge in [-0.1, -0.05) is 41.5 Å². The molecule has 0 rings (SSSR count). The number of hydrogen-bond acceptors (Lipinski definition) is 1. The highest BCUT2D eigenvalue weighted by Gasteiger charge is 2.20. The summed E-state index contributed by atoms with van der Waals surface area (Å²) in [6, 6.07) is 0. The van der Waals surface area contributed by atoms with Crippen LogP contribution in [0.3, 0.4) is 0 Å². The van der Waals surface area contributed by atoms with Gasteiger partial charge in [0.1, 0.15) is 5.78 Å². The lowest BCUT2D eigenvalue weighted by Crippen LogP contribution is -2.17. The van der Waals surface area contributed by atoms with Crippen molar-refractivity contribution in [3.05, 3.63) is 0 Å². The predicted molar refractivity (Wildman–Crippen MR) is 71.5 cm³/mol. The van der Waals surface area contributed by atoms with Crippen molar-refractivity contribution in [3.63, 3.8) is 0 Å². The number of carbonyl (C=O) groups excluding carboxylic acids is 1. The van der Waals surface area contributed by atoms with Gasteiger partial charge in [0.2, 0.25) is 0 Å². The molecule has 16 heavy (non-hydrogen) atoms. The third-order valence-corrected chi connectivity index (χ3v) is 3.31. The molecule has 0 aliphatic heterocycles. The Morgan fingerprint density at radius 3 is 2.06 bits per heavy atom. The van der Waals surface area contributed by atoms with E-state index in [-0.39, 0.29) is 0 Å². The van der Waals surface area contributed by atoms with Crippen LogP contribution < -0.4 is 0 Å².